The van der Waals surface area contributed by atoms with E-state index in [0.717, 1.165) is 5.82 Å². The van der Waals surface area contributed by atoms with E-state index < -0.39 is 0 Å². The largest absolute Gasteiger partial charge is 0.335 e. The van der Waals surface area contributed by atoms with Crippen molar-refractivity contribution in [3.63, 3.8) is 0 Å². The second kappa shape index (κ2) is 5.82. The van der Waals surface area contributed by atoms with Crippen molar-refractivity contribution in [3.8, 4) is 0 Å². The van der Waals surface area contributed by atoms with Crippen LogP contribution in [0, 0.1) is 0 Å². The van der Waals surface area contributed by atoms with Crippen LogP contribution in [0.2, 0.25) is 0 Å². The van der Waals surface area contributed by atoms with Crippen LogP contribution >= 0.6 is 0 Å². The summed E-state index contributed by atoms with van der Waals surface area (Å²) in [4.78, 5) is 3.98. The van der Waals surface area contributed by atoms with Gasteiger partial charge in [-0.1, -0.05) is 12.7 Å². The molecule has 0 radical (unpaired) electrons. The van der Waals surface area contributed by atoms with Crippen LogP contribution in [0.1, 0.15) is 5.82 Å². The van der Waals surface area contributed by atoms with Crippen LogP contribution < -0.4 is 10.9 Å². The van der Waals surface area contributed by atoms with E-state index in [1.54, 1.807) is 12.3 Å². The number of nitrogens with zero attached hydrogens (tertiary/aromatic N) is 2. The van der Waals surface area contributed by atoms with E-state index in [4.69, 9.17) is 0 Å². The Morgan fingerprint density at radius 2 is 2.33 bits per heavy atom. The minimum absolute atomic E-state index is 0.319. The topological polar surface area (TPSA) is 41.9 Å². The highest BCUT2D eigenvalue weighted by Crippen LogP contribution is 1.93. The zero-order valence-electron chi connectivity index (χ0n) is 8.85. The van der Waals surface area contributed by atoms with Gasteiger partial charge < -0.3 is 9.99 Å². The van der Waals surface area contributed by atoms with Crippen LogP contribution in [-0.2, 0) is 7.05 Å². The van der Waals surface area contributed by atoms with Crippen LogP contribution in [0.3, 0.4) is 0 Å². The molecule has 0 bridgehead atoms. The van der Waals surface area contributed by atoms with Gasteiger partial charge in [0, 0.05) is 25.6 Å². The van der Waals surface area contributed by atoms with Gasteiger partial charge in [0.1, 0.15) is 5.82 Å². The normalized spacial score (nSPS) is 17.5. The summed E-state index contributed by atoms with van der Waals surface area (Å²) in [6, 6.07) is 0.319. The zero-order valence-corrected chi connectivity index (χ0v) is 8.85. The summed E-state index contributed by atoms with van der Waals surface area (Å²) < 4.78 is 1.91. The molecule has 0 amide bonds. The molecule has 2 heterocycles. The maximum atomic E-state index is 3.98. The highest BCUT2D eigenvalue weighted by atomic mass is 15.4. The van der Waals surface area contributed by atoms with E-state index in [2.05, 4.69) is 29.0 Å². The highest BCUT2D eigenvalue weighted by Gasteiger charge is 1.98. The first kappa shape index (κ1) is 11.3. The van der Waals surface area contributed by atoms with Crippen LogP contribution in [0.5, 0.6) is 0 Å². The number of rotatable bonds is 2. The third kappa shape index (κ3) is 3.44. The Bertz CT molecular complexity index is 351. The van der Waals surface area contributed by atoms with Crippen LogP contribution in [-0.4, -0.2) is 15.6 Å². The van der Waals surface area contributed by atoms with Crippen LogP contribution in [0.25, 0.3) is 6.08 Å². The molecule has 0 saturated carbocycles. The first-order valence-electron chi connectivity index (χ1n) is 4.68. The lowest BCUT2D eigenvalue weighted by Crippen LogP contribution is -2.28. The monoisotopic (exact) mass is 204 g/mol. The molecule has 2 rings (SSSR count). The fraction of sp³-hybridized carbons (Fsp3) is 0.182. The fourth-order valence-corrected chi connectivity index (χ4v) is 1.06. The predicted molar refractivity (Wildman–Crippen MR) is 62.7 cm³/mol. The number of hydrogen-bond donors (Lipinski definition) is 2. The average molecular weight is 204 g/mol. The molecule has 1 aromatic rings. The molecule has 4 heteroatoms. The smallest absolute Gasteiger partial charge is 0.131 e. The quantitative estimate of drug-likeness (QED) is 0.712. The molecule has 1 aromatic heterocycles. The fourth-order valence-electron chi connectivity index (χ4n) is 1.06. The third-order valence-electron chi connectivity index (χ3n) is 1.93. The molecule has 1 atom stereocenters. The first-order valence-corrected chi connectivity index (χ1v) is 4.68. The maximum absolute atomic E-state index is 3.98. The molecule has 1 aliphatic heterocycles. The molecule has 0 fully saturated rings. The van der Waals surface area contributed by atoms with E-state index in [1.165, 1.54) is 0 Å². The average Bonchev–Trinajstić information content (AvgIpc) is 2.88. The van der Waals surface area contributed by atoms with Gasteiger partial charge in [0.25, 0.3) is 0 Å². The minimum Gasteiger partial charge on any atom is -0.335 e. The van der Waals surface area contributed by atoms with Gasteiger partial charge in [-0.05, 0) is 12.2 Å². The van der Waals surface area contributed by atoms with Gasteiger partial charge in [-0.15, -0.1) is 6.58 Å². The molecule has 80 valence electrons. The molecule has 0 saturated heterocycles. The number of imidazole rings is 1. The summed E-state index contributed by atoms with van der Waals surface area (Å²) >= 11 is 0. The SMILES string of the molecule is C=CC1C=CNN1.C=Cc1nccn1C. The standard InChI is InChI=1S/C6H8N2.C5H8N2/c1-3-6-7-4-5-8(6)2;1-2-5-3-4-6-7-5/h3-5H,1H2,2H3;2-7H,1H2. The Morgan fingerprint density at radius 3 is 2.60 bits per heavy atom. The number of hydrazine groups is 1. The van der Waals surface area contributed by atoms with Crippen molar-refractivity contribution in [2.24, 2.45) is 7.05 Å². The summed E-state index contributed by atoms with van der Waals surface area (Å²) in [5.74, 6) is 0.907. The number of hydrogen-bond acceptors (Lipinski definition) is 3. The molecule has 15 heavy (non-hydrogen) atoms. The molecule has 1 unspecified atom stereocenters. The van der Waals surface area contributed by atoms with Gasteiger partial charge in [-0.3, -0.25) is 0 Å². The summed E-state index contributed by atoms with van der Waals surface area (Å²) in [6.07, 6.45) is 11.0. The van der Waals surface area contributed by atoms with Crippen molar-refractivity contribution in [2.75, 3.05) is 0 Å². The van der Waals surface area contributed by atoms with Gasteiger partial charge in [0.2, 0.25) is 0 Å². The zero-order chi connectivity index (χ0) is 11.1. The molecule has 0 aromatic carbocycles. The van der Waals surface area contributed by atoms with Crippen molar-refractivity contribution in [1.82, 2.24) is 20.4 Å². The Hall–Kier alpha value is -1.81. The third-order valence-corrected chi connectivity index (χ3v) is 1.93. The van der Waals surface area contributed by atoms with Crippen molar-refractivity contribution in [2.45, 2.75) is 6.04 Å². The van der Waals surface area contributed by atoms with Crippen LogP contribution in [0.15, 0.2) is 43.9 Å². The van der Waals surface area contributed by atoms with E-state index >= 15 is 0 Å². The number of aryl methyl sites for hydroxylation is 1. The molecule has 0 aliphatic carbocycles. The van der Waals surface area contributed by atoms with E-state index in [1.807, 2.05) is 36.2 Å². The van der Waals surface area contributed by atoms with Crippen molar-refractivity contribution < 1.29 is 0 Å². The van der Waals surface area contributed by atoms with Crippen molar-refractivity contribution in [3.05, 3.63) is 49.7 Å². The number of nitrogens with one attached hydrogen (secondary N) is 2. The van der Waals surface area contributed by atoms with Gasteiger partial charge >= 0.3 is 0 Å². The lowest BCUT2D eigenvalue weighted by atomic mass is 10.3. The Labute approximate surface area is 90.0 Å². The Balaban J connectivity index is 0.000000151. The molecular weight excluding hydrogens is 188 g/mol. The van der Waals surface area contributed by atoms with Crippen molar-refractivity contribution >= 4 is 6.08 Å². The van der Waals surface area contributed by atoms with Gasteiger partial charge in [0.05, 0.1) is 6.04 Å². The lowest BCUT2D eigenvalue weighted by Gasteiger charge is -1.97. The van der Waals surface area contributed by atoms with Gasteiger partial charge in [-0.25, -0.2) is 10.4 Å². The minimum atomic E-state index is 0.319. The van der Waals surface area contributed by atoms with Crippen molar-refractivity contribution in [1.29, 1.82) is 0 Å². The Kier molecular flexibility index (Phi) is 4.37. The second-order valence-corrected chi connectivity index (χ2v) is 3.01. The first-order chi connectivity index (χ1) is 7.27. The predicted octanol–water partition coefficient (Wildman–Crippen LogP) is 1.23. The van der Waals surface area contributed by atoms with E-state index in [-0.39, 0.29) is 0 Å². The molecule has 4 nitrogen and oxygen atoms in total. The summed E-state index contributed by atoms with van der Waals surface area (Å²) in [5.41, 5.74) is 5.75. The van der Waals surface area contributed by atoms with Gasteiger partial charge in [0.15, 0.2) is 0 Å². The lowest BCUT2D eigenvalue weighted by molar-refractivity contribution is 0.658. The maximum Gasteiger partial charge on any atom is 0.131 e. The van der Waals surface area contributed by atoms with E-state index in [9.17, 15) is 0 Å². The van der Waals surface area contributed by atoms with Crippen LogP contribution in [0.4, 0.5) is 0 Å². The second-order valence-electron chi connectivity index (χ2n) is 3.01. The summed E-state index contributed by atoms with van der Waals surface area (Å²) in [5, 5.41) is 0. The number of aromatic nitrogens is 2. The molecule has 2 N–H and O–H groups in total. The summed E-state index contributed by atoms with van der Waals surface area (Å²) in [6.45, 7) is 7.17. The molecule has 0 spiro atoms. The molecule has 1 aliphatic rings. The molecular formula is C11H16N4. The van der Waals surface area contributed by atoms with Gasteiger partial charge in [-0.2, -0.15) is 0 Å². The Morgan fingerprint density at radius 1 is 1.53 bits per heavy atom. The highest BCUT2D eigenvalue weighted by molar-refractivity contribution is 5.35. The summed E-state index contributed by atoms with van der Waals surface area (Å²) in [7, 11) is 1.93. The van der Waals surface area contributed by atoms with E-state index in [0.29, 0.717) is 6.04 Å².